The van der Waals surface area contributed by atoms with Crippen LogP contribution in [-0.4, -0.2) is 28.0 Å². The standard InChI is InChI=1S/C15H16N2O4/c1-9(6-7-13(18)19)16-15(21)12-8-10-4-2-3-5-11(10)14(20)17-12/h2-5,8-9H,6-7H2,1H3,(H,16,21)(H,17,20)(H,18,19). The number of carbonyl (C=O) groups excluding carboxylic acids is 1. The van der Waals surface area contributed by atoms with E-state index in [1.807, 2.05) is 0 Å². The van der Waals surface area contributed by atoms with Crippen LogP contribution < -0.4 is 10.9 Å². The summed E-state index contributed by atoms with van der Waals surface area (Å²) in [5, 5.41) is 12.5. The molecule has 2 aromatic rings. The number of carbonyl (C=O) groups is 2. The van der Waals surface area contributed by atoms with Crippen LogP contribution in [0.2, 0.25) is 0 Å². The zero-order valence-electron chi connectivity index (χ0n) is 11.6. The molecule has 1 atom stereocenters. The Morgan fingerprint density at radius 2 is 2.05 bits per heavy atom. The maximum Gasteiger partial charge on any atom is 0.303 e. The normalized spacial score (nSPS) is 12.0. The van der Waals surface area contributed by atoms with Crippen LogP contribution in [0.5, 0.6) is 0 Å². The molecule has 0 radical (unpaired) electrons. The number of benzene rings is 1. The molecule has 1 aromatic heterocycles. The first-order chi connectivity index (χ1) is 9.97. The fourth-order valence-electron chi connectivity index (χ4n) is 2.05. The molecule has 0 fully saturated rings. The van der Waals surface area contributed by atoms with Crippen molar-refractivity contribution in [3.63, 3.8) is 0 Å². The topological polar surface area (TPSA) is 99.3 Å². The highest BCUT2D eigenvalue weighted by Gasteiger charge is 2.13. The number of fused-ring (bicyclic) bond motifs is 1. The second kappa shape index (κ2) is 6.21. The Kier molecular flexibility index (Phi) is 4.37. The van der Waals surface area contributed by atoms with Gasteiger partial charge in [-0.05, 0) is 30.9 Å². The number of hydrogen-bond acceptors (Lipinski definition) is 3. The number of pyridine rings is 1. The maximum absolute atomic E-state index is 12.1. The molecule has 6 heteroatoms. The van der Waals surface area contributed by atoms with E-state index >= 15 is 0 Å². The molecule has 110 valence electrons. The SMILES string of the molecule is CC(CCC(=O)O)NC(=O)c1cc2ccccc2c(=O)[nH]1. The van der Waals surface area contributed by atoms with Crippen molar-refractivity contribution in [1.82, 2.24) is 10.3 Å². The van der Waals surface area contributed by atoms with E-state index in [0.29, 0.717) is 17.2 Å². The molecule has 0 aliphatic rings. The summed E-state index contributed by atoms with van der Waals surface area (Å²) >= 11 is 0. The van der Waals surface area contributed by atoms with Crippen LogP contribution in [0.3, 0.4) is 0 Å². The van der Waals surface area contributed by atoms with Crippen LogP contribution >= 0.6 is 0 Å². The van der Waals surface area contributed by atoms with Gasteiger partial charge < -0.3 is 15.4 Å². The van der Waals surface area contributed by atoms with E-state index in [9.17, 15) is 14.4 Å². The lowest BCUT2D eigenvalue weighted by molar-refractivity contribution is -0.137. The lowest BCUT2D eigenvalue weighted by Crippen LogP contribution is -2.34. The Bertz CT molecular complexity index is 736. The molecule has 6 nitrogen and oxygen atoms in total. The third kappa shape index (κ3) is 3.68. The first kappa shape index (κ1) is 14.8. The fraction of sp³-hybridized carbons (Fsp3) is 0.267. The Morgan fingerprint density at radius 1 is 1.33 bits per heavy atom. The summed E-state index contributed by atoms with van der Waals surface area (Å²) < 4.78 is 0. The number of hydrogen-bond donors (Lipinski definition) is 3. The van der Waals surface area contributed by atoms with E-state index in [2.05, 4.69) is 10.3 Å². The van der Waals surface area contributed by atoms with Crippen LogP contribution in [0.1, 0.15) is 30.3 Å². The second-order valence-electron chi connectivity index (χ2n) is 4.91. The Hall–Kier alpha value is -2.63. The van der Waals surface area contributed by atoms with Gasteiger partial charge in [-0.1, -0.05) is 18.2 Å². The van der Waals surface area contributed by atoms with E-state index in [1.54, 1.807) is 37.3 Å². The molecular weight excluding hydrogens is 272 g/mol. The largest absolute Gasteiger partial charge is 0.481 e. The van der Waals surface area contributed by atoms with Crippen LogP contribution in [0.4, 0.5) is 0 Å². The van der Waals surface area contributed by atoms with Gasteiger partial charge in [0.25, 0.3) is 11.5 Å². The van der Waals surface area contributed by atoms with Crippen molar-refractivity contribution in [3.05, 3.63) is 46.4 Å². The predicted octanol–water partition coefficient (Wildman–Crippen LogP) is 1.51. The molecular formula is C15H16N2O4. The van der Waals surface area contributed by atoms with Crippen molar-refractivity contribution < 1.29 is 14.7 Å². The van der Waals surface area contributed by atoms with Gasteiger partial charge in [-0.2, -0.15) is 0 Å². The van der Waals surface area contributed by atoms with E-state index in [4.69, 9.17) is 5.11 Å². The average molecular weight is 288 g/mol. The molecule has 0 spiro atoms. The van der Waals surface area contributed by atoms with Crippen molar-refractivity contribution in [2.24, 2.45) is 0 Å². The number of nitrogens with one attached hydrogen (secondary N) is 2. The van der Waals surface area contributed by atoms with Gasteiger partial charge in [-0.15, -0.1) is 0 Å². The molecule has 0 saturated heterocycles. The lowest BCUT2D eigenvalue weighted by atomic mass is 10.1. The first-order valence-electron chi connectivity index (χ1n) is 6.62. The minimum Gasteiger partial charge on any atom is -0.481 e. The summed E-state index contributed by atoms with van der Waals surface area (Å²) in [6.45, 7) is 1.72. The third-order valence-electron chi connectivity index (χ3n) is 3.17. The number of aliphatic carboxylic acids is 1. The molecule has 1 heterocycles. The number of H-pyrrole nitrogens is 1. The monoisotopic (exact) mass is 288 g/mol. The van der Waals surface area contributed by atoms with Crippen LogP contribution in [0.15, 0.2) is 35.1 Å². The molecule has 1 aromatic carbocycles. The average Bonchev–Trinajstić information content (AvgIpc) is 2.45. The number of rotatable bonds is 5. The molecule has 2 rings (SSSR count). The van der Waals surface area contributed by atoms with Crippen molar-refractivity contribution in [3.8, 4) is 0 Å². The van der Waals surface area contributed by atoms with E-state index in [-0.39, 0.29) is 23.7 Å². The highest BCUT2D eigenvalue weighted by Crippen LogP contribution is 2.10. The number of aromatic amines is 1. The van der Waals surface area contributed by atoms with Gasteiger partial charge in [0, 0.05) is 17.8 Å². The van der Waals surface area contributed by atoms with Crippen molar-refractivity contribution in [2.75, 3.05) is 0 Å². The maximum atomic E-state index is 12.1. The van der Waals surface area contributed by atoms with Gasteiger partial charge in [0.05, 0.1) is 0 Å². The number of carboxylic acids is 1. The summed E-state index contributed by atoms with van der Waals surface area (Å²) in [6, 6.07) is 8.31. The molecule has 0 aliphatic carbocycles. The first-order valence-corrected chi connectivity index (χ1v) is 6.62. The zero-order chi connectivity index (χ0) is 15.4. The minimum absolute atomic E-state index is 0.0182. The summed E-state index contributed by atoms with van der Waals surface area (Å²) in [6.07, 6.45) is 0.314. The smallest absolute Gasteiger partial charge is 0.303 e. The molecule has 0 aliphatic heterocycles. The molecule has 0 bridgehead atoms. The summed E-state index contributed by atoms with van der Waals surface area (Å²) in [5.41, 5.74) is -0.155. The molecule has 0 saturated carbocycles. The Balaban J connectivity index is 2.16. The van der Waals surface area contributed by atoms with Gasteiger partial charge >= 0.3 is 5.97 Å². The van der Waals surface area contributed by atoms with Crippen molar-refractivity contribution in [1.29, 1.82) is 0 Å². The van der Waals surface area contributed by atoms with Gasteiger partial charge in [-0.3, -0.25) is 14.4 Å². The van der Waals surface area contributed by atoms with Crippen molar-refractivity contribution >= 4 is 22.6 Å². The Labute approximate surface area is 120 Å². The minimum atomic E-state index is -0.907. The molecule has 3 N–H and O–H groups in total. The van der Waals surface area contributed by atoms with Crippen LogP contribution in [0.25, 0.3) is 10.8 Å². The quantitative estimate of drug-likeness (QED) is 0.776. The van der Waals surface area contributed by atoms with Crippen LogP contribution in [0, 0.1) is 0 Å². The predicted molar refractivity (Wildman–Crippen MR) is 78.4 cm³/mol. The fourth-order valence-corrected chi connectivity index (χ4v) is 2.05. The summed E-state index contributed by atoms with van der Waals surface area (Å²) in [7, 11) is 0. The zero-order valence-corrected chi connectivity index (χ0v) is 11.6. The highest BCUT2D eigenvalue weighted by atomic mass is 16.4. The van der Waals surface area contributed by atoms with Crippen LogP contribution in [-0.2, 0) is 4.79 Å². The highest BCUT2D eigenvalue weighted by molar-refractivity contribution is 5.96. The third-order valence-corrected chi connectivity index (χ3v) is 3.17. The van der Waals surface area contributed by atoms with Gasteiger partial charge in [0.1, 0.15) is 5.69 Å². The number of amides is 1. The Morgan fingerprint density at radius 3 is 2.76 bits per heavy atom. The summed E-state index contributed by atoms with van der Waals surface area (Å²) in [5.74, 6) is -1.33. The number of aromatic nitrogens is 1. The molecule has 21 heavy (non-hydrogen) atoms. The lowest BCUT2D eigenvalue weighted by Gasteiger charge is -2.12. The van der Waals surface area contributed by atoms with E-state index in [0.717, 1.165) is 0 Å². The van der Waals surface area contributed by atoms with Crippen molar-refractivity contribution in [2.45, 2.75) is 25.8 Å². The van der Waals surface area contributed by atoms with Gasteiger partial charge in [0.15, 0.2) is 0 Å². The molecule has 1 amide bonds. The molecule has 1 unspecified atom stereocenters. The second-order valence-corrected chi connectivity index (χ2v) is 4.91. The summed E-state index contributed by atoms with van der Waals surface area (Å²) in [4.78, 5) is 37.0. The van der Waals surface area contributed by atoms with Gasteiger partial charge in [0.2, 0.25) is 0 Å². The van der Waals surface area contributed by atoms with E-state index < -0.39 is 11.9 Å². The van der Waals surface area contributed by atoms with Gasteiger partial charge in [-0.25, -0.2) is 0 Å². The van der Waals surface area contributed by atoms with E-state index in [1.165, 1.54) is 0 Å². The number of carboxylic acid groups (broad SMARTS) is 1.